The molecule has 0 aromatic carbocycles. The maximum Gasteiger partial charge on any atom is 0.0436 e. The van der Waals surface area contributed by atoms with E-state index in [4.69, 9.17) is 0 Å². The molecular formula is C14H23N3. The number of hydrogen-bond donors (Lipinski definition) is 1. The second-order valence-electron chi connectivity index (χ2n) is 4.83. The molecule has 17 heavy (non-hydrogen) atoms. The second-order valence-corrected chi connectivity index (χ2v) is 4.83. The topological polar surface area (TPSA) is 28.2 Å². The Labute approximate surface area is 104 Å². The van der Waals surface area contributed by atoms with Gasteiger partial charge in [-0.2, -0.15) is 0 Å². The molecule has 0 aliphatic carbocycles. The van der Waals surface area contributed by atoms with Crippen LogP contribution in [0, 0.1) is 13.8 Å². The first-order valence-electron chi connectivity index (χ1n) is 6.65. The number of aryl methyl sites for hydroxylation is 2. The molecule has 94 valence electrons. The SMILES string of the molecule is CCCc1c(N2CCNCC2)cc(C)nc1C. The van der Waals surface area contributed by atoms with E-state index in [0.29, 0.717) is 0 Å². The number of anilines is 1. The average molecular weight is 233 g/mol. The zero-order valence-electron chi connectivity index (χ0n) is 11.2. The Hall–Kier alpha value is -1.09. The van der Waals surface area contributed by atoms with E-state index in [1.54, 1.807) is 0 Å². The summed E-state index contributed by atoms with van der Waals surface area (Å²) in [5.74, 6) is 0. The summed E-state index contributed by atoms with van der Waals surface area (Å²) in [5, 5.41) is 3.41. The van der Waals surface area contributed by atoms with E-state index in [1.165, 1.54) is 23.4 Å². The Morgan fingerprint density at radius 2 is 2.00 bits per heavy atom. The molecule has 0 spiro atoms. The van der Waals surface area contributed by atoms with Gasteiger partial charge in [0.05, 0.1) is 0 Å². The molecule has 1 aromatic heterocycles. The third kappa shape index (κ3) is 2.78. The van der Waals surface area contributed by atoms with Crippen LogP contribution >= 0.6 is 0 Å². The Kier molecular flexibility index (Phi) is 4.00. The van der Waals surface area contributed by atoms with Gasteiger partial charge >= 0.3 is 0 Å². The van der Waals surface area contributed by atoms with Gasteiger partial charge in [0.2, 0.25) is 0 Å². The third-order valence-corrected chi connectivity index (χ3v) is 3.39. The van der Waals surface area contributed by atoms with Crippen molar-refractivity contribution in [2.75, 3.05) is 31.1 Å². The predicted octanol–water partition coefficient (Wildman–Crippen LogP) is 2.06. The Morgan fingerprint density at radius 1 is 1.29 bits per heavy atom. The molecule has 1 N–H and O–H groups in total. The summed E-state index contributed by atoms with van der Waals surface area (Å²) >= 11 is 0. The molecule has 0 bridgehead atoms. The summed E-state index contributed by atoms with van der Waals surface area (Å²) < 4.78 is 0. The molecular weight excluding hydrogens is 210 g/mol. The fraction of sp³-hybridized carbons (Fsp3) is 0.643. The highest BCUT2D eigenvalue weighted by molar-refractivity contribution is 5.56. The molecule has 2 rings (SSSR count). The molecule has 0 radical (unpaired) electrons. The molecule has 1 aliphatic heterocycles. The summed E-state index contributed by atoms with van der Waals surface area (Å²) in [6, 6.07) is 2.25. The smallest absolute Gasteiger partial charge is 0.0436 e. The van der Waals surface area contributed by atoms with Crippen LogP contribution in [0.3, 0.4) is 0 Å². The zero-order valence-corrected chi connectivity index (χ0v) is 11.2. The van der Waals surface area contributed by atoms with Crippen LogP contribution in [0.5, 0.6) is 0 Å². The van der Waals surface area contributed by atoms with Crippen molar-refractivity contribution in [3.8, 4) is 0 Å². The monoisotopic (exact) mass is 233 g/mol. The van der Waals surface area contributed by atoms with Crippen molar-refractivity contribution >= 4 is 5.69 Å². The van der Waals surface area contributed by atoms with Gasteiger partial charge in [0.25, 0.3) is 0 Å². The van der Waals surface area contributed by atoms with Crippen molar-refractivity contribution in [2.24, 2.45) is 0 Å². The lowest BCUT2D eigenvalue weighted by atomic mass is 10.0. The van der Waals surface area contributed by atoms with Crippen LogP contribution in [-0.2, 0) is 6.42 Å². The second kappa shape index (κ2) is 5.50. The minimum atomic E-state index is 1.09. The number of aromatic nitrogens is 1. The van der Waals surface area contributed by atoms with E-state index in [-0.39, 0.29) is 0 Å². The number of pyridine rings is 1. The zero-order chi connectivity index (χ0) is 12.3. The first kappa shape index (κ1) is 12.4. The van der Waals surface area contributed by atoms with Gasteiger partial charge in [-0.25, -0.2) is 0 Å². The van der Waals surface area contributed by atoms with E-state index < -0.39 is 0 Å². The van der Waals surface area contributed by atoms with E-state index in [2.05, 4.69) is 42.0 Å². The van der Waals surface area contributed by atoms with Gasteiger partial charge in [0.1, 0.15) is 0 Å². The van der Waals surface area contributed by atoms with Gasteiger partial charge in [0.15, 0.2) is 0 Å². The van der Waals surface area contributed by atoms with E-state index >= 15 is 0 Å². The first-order valence-corrected chi connectivity index (χ1v) is 6.65. The summed E-state index contributed by atoms with van der Waals surface area (Å²) in [7, 11) is 0. The fourth-order valence-electron chi connectivity index (χ4n) is 2.58. The first-order chi connectivity index (χ1) is 8.22. The lowest BCUT2D eigenvalue weighted by Crippen LogP contribution is -2.44. The van der Waals surface area contributed by atoms with Crippen LogP contribution in [0.15, 0.2) is 6.07 Å². The fourth-order valence-corrected chi connectivity index (χ4v) is 2.58. The van der Waals surface area contributed by atoms with Crippen molar-refractivity contribution in [1.82, 2.24) is 10.3 Å². The van der Waals surface area contributed by atoms with Gasteiger partial charge in [-0.3, -0.25) is 4.98 Å². The van der Waals surface area contributed by atoms with Crippen LogP contribution in [0.25, 0.3) is 0 Å². The molecule has 3 heteroatoms. The Balaban J connectivity index is 2.35. The highest BCUT2D eigenvalue weighted by Gasteiger charge is 2.16. The number of piperazine rings is 1. The van der Waals surface area contributed by atoms with Gasteiger partial charge in [0, 0.05) is 43.3 Å². The highest BCUT2D eigenvalue weighted by atomic mass is 15.2. The molecule has 1 fully saturated rings. The largest absolute Gasteiger partial charge is 0.369 e. The Bertz CT molecular complexity index is 381. The number of rotatable bonds is 3. The summed E-state index contributed by atoms with van der Waals surface area (Å²) in [6.07, 6.45) is 2.32. The highest BCUT2D eigenvalue weighted by Crippen LogP contribution is 2.25. The minimum absolute atomic E-state index is 1.09. The van der Waals surface area contributed by atoms with Crippen molar-refractivity contribution in [3.63, 3.8) is 0 Å². The normalized spacial score (nSPS) is 16.3. The van der Waals surface area contributed by atoms with Crippen LogP contribution < -0.4 is 10.2 Å². The third-order valence-electron chi connectivity index (χ3n) is 3.39. The maximum absolute atomic E-state index is 4.61. The van der Waals surface area contributed by atoms with Gasteiger partial charge in [-0.1, -0.05) is 13.3 Å². The van der Waals surface area contributed by atoms with Crippen LogP contribution in [-0.4, -0.2) is 31.2 Å². The van der Waals surface area contributed by atoms with Crippen molar-refractivity contribution in [2.45, 2.75) is 33.6 Å². The number of hydrogen-bond acceptors (Lipinski definition) is 3. The summed E-state index contributed by atoms with van der Waals surface area (Å²) in [5.41, 5.74) is 5.20. The minimum Gasteiger partial charge on any atom is -0.369 e. The van der Waals surface area contributed by atoms with Gasteiger partial charge in [-0.15, -0.1) is 0 Å². The molecule has 1 saturated heterocycles. The molecule has 0 atom stereocenters. The molecule has 0 saturated carbocycles. The molecule has 1 aromatic rings. The molecule has 3 nitrogen and oxygen atoms in total. The van der Waals surface area contributed by atoms with Crippen molar-refractivity contribution < 1.29 is 0 Å². The molecule has 2 heterocycles. The average Bonchev–Trinajstić information content (AvgIpc) is 2.33. The summed E-state index contributed by atoms with van der Waals surface area (Å²) in [4.78, 5) is 7.11. The predicted molar refractivity (Wildman–Crippen MR) is 72.8 cm³/mol. The summed E-state index contributed by atoms with van der Waals surface area (Å²) in [6.45, 7) is 10.9. The van der Waals surface area contributed by atoms with E-state index in [9.17, 15) is 0 Å². The van der Waals surface area contributed by atoms with Crippen molar-refractivity contribution in [1.29, 1.82) is 0 Å². The molecule has 1 aliphatic rings. The number of nitrogens with zero attached hydrogens (tertiary/aromatic N) is 2. The number of nitrogens with one attached hydrogen (secondary N) is 1. The lowest BCUT2D eigenvalue weighted by Gasteiger charge is -2.32. The van der Waals surface area contributed by atoms with Crippen LogP contribution in [0.1, 0.15) is 30.3 Å². The van der Waals surface area contributed by atoms with Crippen LogP contribution in [0.4, 0.5) is 5.69 Å². The molecule has 0 amide bonds. The Morgan fingerprint density at radius 3 is 2.65 bits per heavy atom. The maximum atomic E-state index is 4.61. The molecule has 0 unspecified atom stereocenters. The quantitative estimate of drug-likeness (QED) is 0.866. The van der Waals surface area contributed by atoms with Gasteiger partial charge in [-0.05, 0) is 31.9 Å². The van der Waals surface area contributed by atoms with Crippen molar-refractivity contribution in [3.05, 3.63) is 23.0 Å². The van der Waals surface area contributed by atoms with Crippen LogP contribution in [0.2, 0.25) is 0 Å². The van der Waals surface area contributed by atoms with Gasteiger partial charge < -0.3 is 10.2 Å². The van der Waals surface area contributed by atoms with E-state index in [1.807, 2.05) is 0 Å². The lowest BCUT2D eigenvalue weighted by molar-refractivity contribution is 0.586. The van der Waals surface area contributed by atoms with E-state index in [0.717, 1.165) is 38.3 Å². The standard InChI is InChI=1S/C14H23N3/c1-4-5-13-12(3)16-11(2)10-14(13)17-8-6-15-7-9-17/h10,15H,4-9H2,1-3H3.